The Morgan fingerprint density at radius 3 is 2.71 bits per heavy atom. The minimum Gasteiger partial charge on any atom is -0.507 e. The van der Waals surface area contributed by atoms with Crippen molar-refractivity contribution >= 4 is 11.0 Å². The van der Waals surface area contributed by atoms with Gasteiger partial charge in [-0.2, -0.15) is 0 Å². The summed E-state index contributed by atoms with van der Waals surface area (Å²) in [6.07, 6.45) is 1.29. The maximum Gasteiger partial charge on any atom is 0.235 e. The van der Waals surface area contributed by atoms with Gasteiger partial charge in [-0.15, -0.1) is 0 Å². The lowest BCUT2D eigenvalue weighted by molar-refractivity contribution is -0.921. The zero-order valence-corrected chi connectivity index (χ0v) is 15.6. The second-order valence-electron chi connectivity index (χ2n) is 6.69. The van der Waals surface area contributed by atoms with E-state index in [2.05, 4.69) is 0 Å². The topological polar surface area (TPSA) is 82.6 Å². The van der Waals surface area contributed by atoms with Gasteiger partial charge in [0.05, 0.1) is 31.3 Å². The Morgan fingerprint density at radius 1 is 1.14 bits per heavy atom. The van der Waals surface area contributed by atoms with Crippen LogP contribution in [0.5, 0.6) is 23.0 Å². The number of rotatable bonds is 5. The largest absolute Gasteiger partial charge is 0.507 e. The first-order valence-electron chi connectivity index (χ1n) is 9.15. The number of aromatic hydroxyl groups is 1. The van der Waals surface area contributed by atoms with E-state index in [1.807, 2.05) is 0 Å². The molecule has 2 heterocycles. The molecule has 0 atom stereocenters. The van der Waals surface area contributed by atoms with Gasteiger partial charge in [-0.3, -0.25) is 4.79 Å². The van der Waals surface area contributed by atoms with Crippen LogP contribution in [0.15, 0.2) is 51.9 Å². The van der Waals surface area contributed by atoms with E-state index in [1.54, 1.807) is 37.4 Å². The molecule has 7 heteroatoms. The lowest BCUT2D eigenvalue weighted by atomic mass is 10.1. The first-order valence-corrected chi connectivity index (χ1v) is 9.15. The Bertz CT molecular complexity index is 1040. The fourth-order valence-electron chi connectivity index (χ4n) is 3.35. The highest BCUT2D eigenvalue weighted by Crippen LogP contribution is 2.29. The Labute approximate surface area is 161 Å². The third-order valence-corrected chi connectivity index (χ3v) is 4.88. The molecular formula is C21H22NO6+. The van der Waals surface area contributed by atoms with Crippen molar-refractivity contribution in [2.24, 2.45) is 0 Å². The van der Waals surface area contributed by atoms with Crippen LogP contribution in [0.2, 0.25) is 0 Å². The van der Waals surface area contributed by atoms with Gasteiger partial charge in [0.1, 0.15) is 43.1 Å². The number of morpholine rings is 1. The highest BCUT2D eigenvalue weighted by atomic mass is 16.5. The number of benzene rings is 2. The summed E-state index contributed by atoms with van der Waals surface area (Å²) in [5.41, 5.74) is 0.726. The normalized spacial score (nSPS) is 14.9. The second kappa shape index (κ2) is 7.92. The molecule has 7 nitrogen and oxygen atoms in total. The molecule has 0 spiro atoms. The summed E-state index contributed by atoms with van der Waals surface area (Å²) in [4.78, 5) is 14.2. The smallest absolute Gasteiger partial charge is 0.235 e. The minimum atomic E-state index is -0.290. The third-order valence-electron chi connectivity index (χ3n) is 4.88. The number of nitrogens with one attached hydrogen (secondary N) is 1. The SMILES string of the molecule is COc1cccc(Oc2coc3c(C[NH+]4CCOCC4)c(O)ccc3c2=O)c1. The number of phenols is 1. The van der Waals surface area contributed by atoms with Crippen LogP contribution in [-0.4, -0.2) is 38.5 Å². The molecule has 1 saturated heterocycles. The van der Waals surface area contributed by atoms with Crippen molar-refractivity contribution in [2.45, 2.75) is 6.54 Å². The molecule has 2 aromatic carbocycles. The van der Waals surface area contributed by atoms with E-state index >= 15 is 0 Å². The van der Waals surface area contributed by atoms with E-state index in [0.717, 1.165) is 13.1 Å². The minimum absolute atomic E-state index is 0.0797. The van der Waals surface area contributed by atoms with Crippen molar-refractivity contribution in [1.29, 1.82) is 0 Å². The maximum absolute atomic E-state index is 12.9. The quantitative estimate of drug-likeness (QED) is 0.697. The molecule has 1 aromatic heterocycles. The molecule has 1 aliphatic heterocycles. The number of hydrogen-bond donors (Lipinski definition) is 2. The fourth-order valence-corrected chi connectivity index (χ4v) is 3.35. The average Bonchev–Trinajstić information content (AvgIpc) is 2.73. The Morgan fingerprint density at radius 2 is 1.93 bits per heavy atom. The van der Waals surface area contributed by atoms with Crippen LogP contribution in [0.4, 0.5) is 0 Å². The van der Waals surface area contributed by atoms with Crippen LogP contribution >= 0.6 is 0 Å². The molecule has 0 bridgehead atoms. The molecular weight excluding hydrogens is 362 g/mol. The summed E-state index contributed by atoms with van der Waals surface area (Å²) in [5.74, 6) is 1.30. The molecule has 0 radical (unpaired) electrons. The molecule has 2 N–H and O–H groups in total. The van der Waals surface area contributed by atoms with Gasteiger partial charge in [0.25, 0.3) is 0 Å². The van der Waals surface area contributed by atoms with Gasteiger partial charge < -0.3 is 28.6 Å². The highest BCUT2D eigenvalue weighted by molar-refractivity contribution is 5.82. The lowest BCUT2D eigenvalue weighted by Gasteiger charge is -2.24. The Balaban J connectivity index is 1.69. The zero-order chi connectivity index (χ0) is 19.5. The summed E-state index contributed by atoms with van der Waals surface area (Å²) < 4.78 is 22.0. The van der Waals surface area contributed by atoms with Crippen molar-refractivity contribution in [3.05, 3.63) is 58.4 Å². The van der Waals surface area contributed by atoms with Crippen molar-refractivity contribution in [3.8, 4) is 23.0 Å². The van der Waals surface area contributed by atoms with Crippen LogP contribution in [0.25, 0.3) is 11.0 Å². The highest BCUT2D eigenvalue weighted by Gasteiger charge is 2.21. The van der Waals surface area contributed by atoms with Gasteiger partial charge in [0, 0.05) is 6.07 Å². The predicted octanol–water partition coefficient (Wildman–Crippen LogP) is 1.71. The predicted molar refractivity (Wildman–Crippen MR) is 102 cm³/mol. The Hall–Kier alpha value is -3.03. The van der Waals surface area contributed by atoms with Crippen LogP contribution in [-0.2, 0) is 11.3 Å². The fraction of sp³-hybridized carbons (Fsp3) is 0.286. The maximum atomic E-state index is 12.9. The van der Waals surface area contributed by atoms with Gasteiger partial charge in [-0.1, -0.05) is 6.07 Å². The molecule has 0 amide bonds. The van der Waals surface area contributed by atoms with Gasteiger partial charge >= 0.3 is 0 Å². The van der Waals surface area contributed by atoms with Crippen LogP contribution in [0.3, 0.4) is 0 Å². The number of phenolic OH excluding ortho intramolecular Hbond substituents is 1. The van der Waals surface area contributed by atoms with Crippen molar-refractivity contribution in [2.75, 3.05) is 33.4 Å². The second-order valence-corrected chi connectivity index (χ2v) is 6.69. The standard InChI is InChI=1S/C21H21NO6/c1-25-14-3-2-4-15(11-14)28-19-13-27-21-16(20(19)24)5-6-18(23)17(21)12-22-7-9-26-10-8-22/h2-6,11,13,23H,7-10,12H2,1H3/p+1. The van der Waals surface area contributed by atoms with Gasteiger partial charge in [-0.05, 0) is 24.3 Å². The van der Waals surface area contributed by atoms with Gasteiger partial charge in [0.2, 0.25) is 11.2 Å². The molecule has 0 unspecified atom stereocenters. The number of quaternary nitrogens is 1. The first-order chi connectivity index (χ1) is 13.7. The van der Waals surface area contributed by atoms with E-state index in [1.165, 1.54) is 17.2 Å². The molecule has 0 saturated carbocycles. The average molecular weight is 384 g/mol. The first kappa shape index (κ1) is 18.3. The third kappa shape index (κ3) is 3.67. The molecule has 146 valence electrons. The van der Waals surface area contributed by atoms with Crippen LogP contribution < -0.4 is 19.8 Å². The summed E-state index contributed by atoms with van der Waals surface area (Å²) in [6, 6.07) is 10.1. The van der Waals surface area contributed by atoms with Crippen molar-refractivity contribution in [3.63, 3.8) is 0 Å². The molecule has 28 heavy (non-hydrogen) atoms. The van der Waals surface area contributed by atoms with Gasteiger partial charge in [-0.25, -0.2) is 0 Å². The van der Waals surface area contributed by atoms with E-state index in [4.69, 9.17) is 18.6 Å². The van der Waals surface area contributed by atoms with Crippen molar-refractivity contribution in [1.82, 2.24) is 0 Å². The number of ether oxygens (including phenoxy) is 3. The van der Waals surface area contributed by atoms with Crippen LogP contribution in [0.1, 0.15) is 5.56 Å². The molecule has 3 aromatic rings. The van der Waals surface area contributed by atoms with E-state index < -0.39 is 0 Å². The monoisotopic (exact) mass is 384 g/mol. The molecule has 1 fully saturated rings. The van der Waals surface area contributed by atoms with Gasteiger partial charge in [0.15, 0.2) is 5.58 Å². The number of fused-ring (bicyclic) bond motifs is 1. The van der Waals surface area contributed by atoms with Crippen molar-refractivity contribution < 1.29 is 28.6 Å². The van der Waals surface area contributed by atoms with E-state index in [-0.39, 0.29) is 16.9 Å². The molecule has 0 aliphatic carbocycles. The van der Waals surface area contributed by atoms with E-state index in [0.29, 0.717) is 47.8 Å². The summed E-state index contributed by atoms with van der Waals surface area (Å²) in [5, 5.41) is 10.7. The lowest BCUT2D eigenvalue weighted by Crippen LogP contribution is -3.12. The zero-order valence-electron chi connectivity index (χ0n) is 15.6. The molecule has 4 rings (SSSR count). The number of methoxy groups -OCH3 is 1. The Kier molecular flexibility index (Phi) is 5.18. The summed E-state index contributed by atoms with van der Waals surface area (Å²) in [7, 11) is 1.56. The van der Waals surface area contributed by atoms with Crippen LogP contribution in [0, 0.1) is 0 Å². The summed E-state index contributed by atoms with van der Waals surface area (Å²) >= 11 is 0. The summed E-state index contributed by atoms with van der Waals surface area (Å²) in [6.45, 7) is 3.62. The number of hydrogen-bond acceptors (Lipinski definition) is 6. The molecule has 1 aliphatic rings. The van der Waals surface area contributed by atoms with E-state index in [9.17, 15) is 9.90 Å².